The highest BCUT2D eigenvalue weighted by atomic mass is 19.1. The molecule has 0 bridgehead atoms. The van der Waals surface area contributed by atoms with Gasteiger partial charge in [0, 0.05) is 5.92 Å². The summed E-state index contributed by atoms with van der Waals surface area (Å²) in [5.74, 6) is 0.832. The molecule has 1 heteroatoms. The van der Waals surface area contributed by atoms with E-state index < -0.39 is 0 Å². The van der Waals surface area contributed by atoms with Crippen LogP contribution < -0.4 is 0 Å². The van der Waals surface area contributed by atoms with Crippen LogP contribution in [0.2, 0.25) is 0 Å². The molecule has 101 valence electrons. The number of benzene rings is 1. The third-order valence-corrected chi connectivity index (χ3v) is 3.37. The van der Waals surface area contributed by atoms with E-state index >= 15 is 0 Å². The molecule has 0 unspecified atom stereocenters. The molecule has 0 nitrogen and oxygen atoms in total. The molecule has 0 saturated carbocycles. The maximum atomic E-state index is 12.8. The molecule has 0 aromatic heterocycles. The number of aryl methyl sites for hydroxylation is 1. The maximum absolute atomic E-state index is 12.8. The average Bonchev–Trinajstić information content (AvgIpc) is 2.33. The third-order valence-electron chi connectivity index (χ3n) is 3.37. The Morgan fingerprint density at radius 3 is 2.33 bits per heavy atom. The molecule has 0 heterocycles. The Morgan fingerprint density at radius 1 is 1.17 bits per heavy atom. The van der Waals surface area contributed by atoms with E-state index in [0.717, 1.165) is 17.9 Å². The largest absolute Gasteiger partial charge is 0.250 e. The molecule has 1 radical (unpaired) electrons. The van der Waals surface area contributed by atoms with Crippen molar-refractivity contribution in [1.82, 2.24) is 0 Å². The zero-order valence-corrected chi connectivity index (χ0v) is 12.4. The van der Waals surface area contributed by atoms with E-state index in [9.17, 15) is 4.39 Å². The van der Waals surface area contributed by atoms with Crippen molar-refractivity contribution < 1.29 is 4.39 Å². The quantitative estimate of drug-likeness (QED) is 0.669. The second kappa shape index (κ2) is 6.36. The van der Waals surface area contributed by atoms with Crippen LogP contribution >= 0.6 is 0 Å². The summed E-state index contributed by atoms with van der Waals surface area (Å²) in [5.41, 5.74) is 3.83. The SMILES string of the molecule is CCCCc1cc([C](C)CF)cc(C(C)(C)C)c1. The normalized spacial score (nSPS) is 12.2. The molecular weight excluding hydrogens is 223 g/mol. The van der Waals surface area contributed by atoms with Crippen molar-refractivity contribution in [2.24, 2.45) is 0 Å². The van der Waals surface area contributed by atoms with E-state index in [0.29, 0.717) is 0 Å². The monoisotopic (exact) mass is 249 g/mol. The number of halogens is 1. The minimum atomic E-state index is -0.360. The Morgan fingerprint density at radius 2 is 1.83 bits per heavy atom. The molecule has 0 spiro atoms. The van der Waals surface area contributed by atoms with Crippen LogP contribution in [0.5, 0.6) is 0 Å². The molecule has 0 aliphatic rings. The van der Waals surface area contributed by atoms with Crippen molar-refractivity contribution >= 4 is 0 Å². The Balaban J connectivity index is 3.12. The molecule has 0 N–H and O–H groups in total. The van der Waals surface area contributed by atoms with Gasteiger partial charge in [-0.05, 0) is 34.9 Å². The lowest BCUT2D eigenvalue weighted by Gasteiger charge is -2.22. The van der Waals surface area contributed by atoms with Gasteiger partial charge in [-0.25, -0.2) is 0 Å². The van der Waals surface area contributed by atoms with Crippen LogP contribution in [-0.2, 0) is 11.8 Å². The standard InChI is InChI=1S/C17H26F/c1-6-7-8-14-9-15(13(2)12-18)11-16(10-14)17(3,4)5/h9-11H,6-8,12H2,1-5H3. The van der Waals surface area contributed by atoms with Gasteiger partial charge in [-0.3, -0.25) is 4.39 Å². The second-order valence-corrected chi connectivity index (χ2v) is 6.19. The highest BCUT2D eigenvalue weighted by Gasteiger charge is 2.17. The predicted molar refractivity (Wildman–Crippen MR) is 77.7 cm³/mol. The topological polar surface area (TPSA) is 0 Å². The first-order chi connectivity index (χ1) is 8.38. The lowest BCUT2D eigenvalue weighted by atomic mass is 9.83. The molecule has 0 saturated heterocycles. The van der Waals surface area contributed by atoms with Crippen molar-refractivity contribution in [2.45, 2.75) is 59.3 Å². The fourth-order valence-electron chi connectivity index (χ4n) is 1.97. The number of unbranched alkanes of at least 4 members (excludes halogenated alkanes) is 1. The lowest BCUT2D eigenvalue weighted by Crippen LogP contribution is -2.13. The minimum absolute atomic E-state index is 0.119. The molecule has 0 aliphatic carbocycles. The number of alkyl halides is 1. The molecule has 0 aliphatic heterocycles. The summed E-state index contributed by atoms with van der Waals surface area (Å²) >= 11 is 0. The summed E-state index contributed by atoms with van der Waals surface area (Å²) in [6, 6.07) is 6.58. The Hall–Kier alpha value is -0.850. The molecule has 1 aromatic carbocycles. The summed E-state index contributed by atoms with van der Waals surface area (Å²) in [7, 11) is 0. The van der Waals surface area contributed by atoms with Crippen LogP contribution in [0.25, 0.3) is 0 Å². The highest BCUT2D eigenvalue weighted by molar-refractivity contribution is 5.40. The lowest BCUT2D eigenvalue weighted by molar-refractivity contribution is 0.515. The number of hydrogen-bond donors (Lipinski definition) is 0. The maximum Gasteiger partial charge on any atom is 0.0997 e. The average molecular weight is 249 g/mol. The molecule has 0 amide bonds. The van der Waals surface area contributed by atoms with E-state index in [4.69, 9.17) is 0 Å². The van der Waals surface area contributed by atoms with Crippen molar-refractivity contribution in [2.75, 3.05) is 6.67 Å². The Bertz CT molecular complexity index is 374. The van der Waals surface area contributed by atoms with Gasteiger partial charge in [0.2, 0.25) is 0 Å². The predicted octanol–water partition coefficient (Wildman–Crippen LogP) is 5.24. The van der Waals surface area contributed by atoms with E-state index in [2.05, 4.69) is 45.9 Å². The summed E-state index contributed by atoms with van der Waals surface area (Å²) in [6.07, 6.45) is 3.48. The zero-order valence-electron chi connectivity index (χ0n) is 12.4. The highest BCUT2D eigenvalue weighted by Crippen LogP contribution is 2.28. The van der Waals surface area contributed by atoms with E-state index in [1.54, 1.807) is 0 Å². The van der Waals surface area contributed by atoms with Crippen LogP contribution in [0.15, 0.2) is 18.2 Å². The smallest absolute Gasteiger partial charge is 0.0997 e. The minimum Gasteiger partial charge on any atom is -0.250 e. The van der Waals surface area contributed by atoms with E-state index in [-0.39, 0.29) is 12.1 Å². The number of hydrogen-bond acceptors (Lipinski definition) is 0. The van der Waals surface area contributed by atoms with Gasteiger partial charge in [-0.1, -0.05) is 59.2 Å². The first kappa shape index (κ1) is 15.2. The first-order valence-corrected chi connectivity index (χ1v) is 6.91. The first-order valence-electron chi connectivity index (χ1n) is 6.91. The van der Waals surface area contributed by atoms with Crippen molar-refractivity contribution in [1.29, 1.82) is 0 Å². The third kappa shape index (κ3) is 4.12. The Labute approximate surface area is 112 Å². The van der Waals surface area contributed by atoms with Crippen LogP contribution in [0.4, 0.5) is 4.39 Å². The molecule has 1 aromatic rings. The molecule has 18 heavy (non-hydrogen) atoms. The van der Waals surface area contributed by atoms with Gasteiger partial charge in [0.05, 0.1) is 6.67 Å². The number of rotatable bonds is 5. The van der Waals surface area contributed by atoms with Gasteiger partial charge < -0.3 is 0 Å². The summed E-state index contributed by atoms with van der Waals surface area (Å²) in [6.45, 7) is 10.3. The summed E-state index contributed by atoms with van der Waals surface area (Å²) < 4.78 is 12.8. The van der Waals surface area contributed by atoms with Crippen LogP contribution in [0, 0.1) is 5.92 Å². The molecule has 1 rings (SSSR count). The fraction of sp³-hybridized carbons (Fsp3) is 0.588. The zero-order chi connectivity index (χ0) is 13.8. The fourth-order valence-corrected chi connectivity index (χ4v) is 1.97. The van der Waals surface area contributed by atoms with Crippen molar-refractivity contribution in [3.63, 3.8) is 0 Å². The second-order valence-electron chi connectivity index (χ2n) is 6.19. The van der Waals surface area contributed by atoms with Gasteiger partial charge in [0.25, 0.3) is 0 Å². The van der Waals surface area contributed by atoms with Crippen LogP contribution in [0.1, 0.15) is 64.2 Å². The van der Waals surface area contributed by atoms with E-state index in [1.807, 2.05) is 6.92 Å². The van der Waals surface area contributed by atoms with E-state index in [1.165, 1.54) is 24.0 Å². The Kier molecular flexibility index (Phi) is 5.37. The van der Waals surface area contributed by atoms with Gasteiger partial charge >= 0.3 is 0 Å². The van der Waals surface area contributed by atoms with Crippen LogP contribution in [0.3, 0.4) is 0 Å². The summed E-state index contributed by atoms with van der Waals surface area (Å²) in [4.78, 5) is 0. The van der Waals surface area contributed by atoms with Crippen LogP contribution in [-0.4, -0.2) is 6.67 Å². The van der Waals surface area contributed by atoms with Gasteiger partial charge in [0.15, 0.2) is 0 Å². The van der Waals surface area contributed by atoms with Gasteiger partial charge in [0.1, 0.15) is 0 Å². The van der Waals surface area contributed by atoms with Gasteiger partial charge in [-0.15, -0.1) is 0 Å². The molecular formula is C17H26F. The molecule has 0 fully saturated rings. The van der Waals surface area contributed by atoms with Gasteiger partial charge in [-0.2, -0.15) is 0 Å². The van der Waals surface area contributed by atoms with Crippen molar-refractivity contribution in [3.8, 4) is 0 Å². The molecule has 0 atom stereocenters. The summed E-state index contributed by atoms with van der Waals surface area (Å²) in [5, 5.41) is 0. The van der Waals surface area contributed by atoms with Crippen molar-refractivity contribution in [3.05, 3.63) is 40.8 Å².